The highest BCUT2D eigenvalue weighted by atomic mass is 127. The molecule has 3 aromatic carbocycles. The Morgan fingerprint density at radius 1 is 0.970 bits per heavy atom. The molecule has 33 heavy (non-hydrogen) atoms. The largest absolute Gasteiger partial charge is 0.506 e. The molecule has 1 atom stereocenters. The first kappa shape index (κ1) is 25.3. The molecule has 0 saturated carbocycles. The van der Waals surface area contributed by atoms with E-state index in [-0.39, 0.29) is 24.7 Å². The van der Waals surface area contributed by atoms with Gasteiger partial charge >= 0.3 is 6.09 Å². The quantitative estimate of drug-likeness (QED) is 0.282. The molecule has 0 saturated heterocycles. The van der Waals surface area contributed by atoms with E-state index in [0.717, 1.165) is 22.3 Å². The van der Waals surface area contributed by atoms with Crippen molar-refractivity contribution < 1.29 is 19.4 Å². The van der Waals surface area contributed by atoms with Gasteiger partial charge in [0.25, 0.3) is 0 Å². The number of hydrogen-bond donors (Lipinski definition) is 3. The maximum atomic E-state index is 13.2. The molecule has 3 aromatic rings. The molecule has 0 aliphatic heterocycles. The van der Waals surface area contributed by atoms with E-state index in [1.54, 1.807) is 12.1 Å². The highest BCUT2D eigenvalue weighted by molar-refractivity contribution is 14.1. The standard InChI is InChI=1S/C25H24I2N2O4/c1-15-8-9-16(2)21(10-15)28-24(31)22(13-18-11-19(26)23(30)20(27)12-18)29-25(32)33-14-17-6-4-3-5-7-17/h3-12,22,30H,13-14H2,1-2H3,(H,28,31)(H,29,32)/t22-/m0/s1. The third kappa shape index (κ3) is 7.32. The molecule has 8 heteroatoms. The van der Waals surface area contributed by atoms with E-state index in [2.05, 4.69) is 10.6 Å². The molecule has 0 heterocycles. The lowest BCUT2D eigenvalue weighted by Crippen LogP contribution is -2.45. The molecule has 0 spiro atoms. The molecule has 3 N–H and O–H groups in total. The molecule has 2 amide bonds. The minimum atomic E-state index is -0.871. The predicted molar refractivity (Wildman–Crippen MR) is 145 cm³/mol. The second-order valence-corrected chi connectivity index (χ2v) is 10.0. The maximum Gasteiger partial charge on any atom is 0.408 e. The number of alkyl carbamates (subject to hydrolysis) is 1. The van der Waals surface area contributed by atoms with Gasteiger partial charge in [0.05, 0.1) is 7.14 Å². The Kier molecular flexibility index (Phi) is 8.95. The number of nitrogens with one attached hydrogen (secondary N) is 2. The average molecular weight is 670 g/mol. The van der Waals surface area contributed by atoms with Gasteiger partial charge in [-0.25, -0.2) is 4.79 Å². The van der Waals surface area contributed by atoms with E-state index in [0.29, 0.717) is 12.8 Å². The van der Waals surface area contributed by atoms with Crippen LogP contribution in [0.3, 0.4) is 0 Å². The van der Waals surface area contributed by atoms with Crippen LogP contribution in [-0.2, 0) is 22.6 Å². The van der Waals surface area contributed by atoms with E-state index in [1.807, 2.05) is 108 Å². The Balaban J connectivity index is 1.78. The van der Waals surface area contributed by atoms with Crippen molar-refractivity contribution in [3.8, 4) is 5.75 Å². The van der Waals surface area contributed by atoms with Crippen LogP contribution in [0.2, 0.25) is 0 Å². The van der Waals surface area contributed by atoms with E-state index in [4.69, 9.17) is 4.74 Å². The van der Waals surface area contributed by atoms with Crippen molar-refractivity contribution >= 4 is 62.9 Å². The molecular weight excluding hydrogens is 646 g/mol. The van der Waals surface area contributed by atoms with Crippen LogP contribution in [-0.4, -0.2) is 23.1 Å². The van der Waals surface area contributed by atoms with Gasteiger partial charge in [-0.3, -0.25) is 4.79 Å². The fraction of sp³-hybridized carbons (Fsp3) is 0.200. The summed E-state index contributed by atoms with van der Waals surface area (Å²) in [6.45, 7) is 3.97. The summed E-state index contributed by atoms with van der Waals surface area (Å²) in [5.74, 6) is -0.148. The van der Waals surface area contributed by atoms with E-state index >= 15 is 0 Å². The maximum absolute atomic E-state index is 13.2. The van der Waals surface area contributed by atoms with Gasteiger partial charge in [0.2, 0.25) is 5.91 Å². The monoisotopic (exact) mass is 670 g/mol. The van der Waals surface area contributed by atoms with Gasteiger partial charge in [0.1, 0.15) is 18.4 Å². The van der Waals surface area contributed by atoms with Crippen LogP contribution < -0.4 is 10.6 Å². The first-order valence-corrected chi connectivity index (χ1v) is 12.4. The number of ether oxygens (including phenoxy) is 1. The zero-order chi connectivity index (χ0) is 24.0. The molecule has 6 nitrogen and oxygen atoms in total. The number of amides is 2. The Morgan fingerprint density at radius 2 is 1.64 bits per heavy atom. The molecule has 0 aliphatic rings. The van der Waals surface area contributed by atoms with Crippen molar-refractivity contribution in [2.45, 2.75) is 32.9 Å². The van der Waals surface area contributed by atoms with Crippen molar-refractivity contribution in [2.24, 2.45) is 0 Å². The highest BCUT2D eigenvalue weighted by Crippen LogP contribution is 2.28. The summed E-state index contributed by atoms with van der Waals surface area (Å²) in [5.41, 5.74) is 4.30. The third-order valence-electron chi connectivity index (χ3n) is 4.99. The van der Waals surface area contributed by atoms with Crippen molar-refractivity contribution in [1.29, 1.82) is 0 Å². The van der Waals surface area contributed by atoms with Crippen molar-refractivity contribution in [1.82, 2.24) is 5.32 Å². The third-order valence-corrected chi connectivity index (χ3v) is 6.63. The predicted octanol–water partition coefficient (Wildman–Crippen LogP) is 5.69. The number of phenols is 1. The molecule has 172 valence electrons. The molecule has 0 aliphatic carbocycles. The fourth-order valence-electron chi connectivity index (χ4n) is 3.18. The molecule has 0 bridgehead atoms. The van der Waals surface area contributed by atoms with Gasteiger partial charge in [0, 0.05) is 12.1 Å². The number of hydrogen-bond acceptors (Lipinski definition) is 4. The van der Waals surface area contributed by atoms with Gasteiger partial charge in [-0.2, -0.15) is 0 Å². The summed E-state index contributed by atoms with van der Waals surface area (Å²) in [5, 5.41) is 15.7. The summed E-state index contributed by atoms with van der Waals surface area (Å²) in [7, 11) is 0. The molecule has 0 unspecified atom stereocenters. The second-order valence-electron chi connectivity index (χ2n) is 7.68. The minimum absolute atomic E-state index is 0.104. The Hall–Kier alpha value is -2.34. The number of carbonyl (C=O) groups is 2. The molecular formula is C25H24I2N2O4. The van der Waals surface area contributed by atoms with Crippen molar-refractivity contribution in [3.63, 3.8) is 0 Å². The first-order valence-electron chi connectivity index (χ1n) is 10.2. The van der Waals surface area contributed by atoms with E-state index in [9.17, 15) is 14.7 Å². The lowest BCUT2D eigenvalue weighted by molar-refractivity contribution is -0.118. The van der Waals surface area contributed by atoms with E-state index < -0.39 is 12.1 Å². The number of aryl methyl sites for hydroxylation is 2. The summed E-state index contributed by atoms with van der Waals surface area (Å²) >= 11 is 4.09. The minimum Gasteiger partial charge on any atom is -0.506 e. The number of anilines is 1. The Labute approximate surface area is 220 Å². The van der Waals surface area contributed by atoms with Crippen LogP contribution in [0.15, 0.2) is 60.7 Å². The van der Waals surface area contributed by atoms with Crippen LogP contribution in [0, 0.1) is 21.0 Å². The average Bonchev–Trinajstić information content (AvgIpc) is 2.78. The van der Waals surface area contributed by atoms with Crippen LogP contribution in [0.1, 0.15) is 22.3 Å². The van der Waals surface area contributed by atoms with Gasteiger partial charge in [-0.05, 0) is 99.5 Å². The van der Waals surface area contributed by atoms with Crippen molar-refractivity contribution in [3.05, 3.63) is 90.1 Å². The molecule has 0 aromatic heterocycles. The number of phenolic OH excluding ortho intramolecular Hbond substituents is 1. The Bertz CT molecular complexity index is 1130. The lowest BCUT2D eigenvalue weighted by atomic mass is 10.0. The smallest absolute Gasteiger partial charge is 0.408 e. The molecule has 3 rings (SSSR count). The fourth-order valence-corrected chi connectivity index (χ4v) is 5.08. The molecule has 0 radical (unpaired) electrons. The van der Waals surface area contributed by atoms with Gasteiger partial charge in [-0.1, -0.05) is 42.5 Å². The number of rotatable bonds is 7. The topological polar surface area (TPSA) is 87.7 Å². The Morgan fingerprint density at radius 3 is 2.30 bits per heavy atom. The number of benzene rings is 3. The number of carbonyl (C=O) groups excluding carboxylic acids is 2. The first-order chi connectivity index (χ1) is 15.7. The molecule has 0 fully saturated rings. The summed E-state index contributed by atoms with van der Waals surface area (Å²) < 4.78 is 6.68. The normalized spacial score (nSPS) is 11.5. The van der Waals surface area contributed by atoms with Crippen LogP contribution in [0.25, 0.3) is 0 Å². The zero-order valence-corrected chi connectivity index (χ0v) is 22.5. The zero-order valence-electron chi connectivity index (χ0n) is 18.2. The van der Waals surface area contributed by atoms with Gasteiger partial charge in [0.15, 0.2) is 0 Å². The SMILES string of the molecule is Cc1ccc(C)c(NC(=O)[C@H](Cc2cc(I)c(O)c(I)c2)NC(=O)OCc2ccccc2)c1. The summed E-state index contributed by atoms with van der Waals surface area (Å²) in [6.07, 6.45) is -0.438. The number of halogens is 2. The highest BCUT2D eigenvalue weighted by Gasteiger charge is 2.23. The van der Waals surface area contributed by atoms with Crippen LogP contribution >= 0.6 is 45.2 Å². The van der Waals surface area contributed by atoms with Crippen LogP contribution in [0.5, 0.6) is 5.75 Å². The van der Waals surface area contributed by atoms with E-state index in [1.165, 1.54) is 0 Å². The lowest BCUT2D eigenvalue weighted by Gasteiger charge is -2.20. The van der Waals surface area contributed by atoms with Crippen LogP contribution in [0.4, 0.5) is 10.5 Å². The van der Waals surface area contributed by atoms with Crippen molar-refractivity contribution in [2.75, 3.05) is 5.32 Å². The van der Waals surface area contributed by atoms with Gasteiger partial charge in [-0.15, -0.1) is 0 Å². The number of aromatic hydroxyl groups is 1. The summed E-state index contributed by atoms with van der Waals surface area (Å²) in [6, 6.07) is 17.9. The second kappa shape index (κ2) is 11.7. The van der Waals surface area contributed by atoms with Gasteiger partial charge < -0.3 is 20.5 Å². The summed E-state index contributed by atoms with van der Waals surface area (Å²) in [4.78, 5) is 25.7.